The van der Waals surface area contributed by atoms with Gasteiger partial charge in [0.1, 0.15) is 5.88 Å². The molecule has 202 valence electrons. The van der Waals surface area contributed by atoms with Crippen LogP contribution >= 0.6 is 11.6 Å². The smallest absolute Gasteiger partial charge is 0.267 e. The number of halogens is 1. The molecular weight excluding hydrogens is 528 g/mol. The third kappa shape index (κ3) is 6.53. The number of carbonyl (C=O) groups excluding carboxylic acids is 1. The second-order valence-electron chi connectivity index (χ2n) is 9.62. The lowest BCUT2D eigenvalue weighted by molar-refractivity contribution is -0.130. The first-order valence-electron chi connectivity index (χ1n) is 13.0. The number of nitriles is 1. The summed E-state index contributed by atoms with van der Waals surface area (Å²) in [6.07, 6.45) is 5.07. The number of alkyl halides is 1. The zero-order valence-corrected chi connectivity index (χ0v) is 22.5. The Morgan fingerprint density at radius 3 is 2.52 bits per heavy atom. The first kappa shape index (κ1) is 27.0. The lowest BCUT2D eigenvalue weighted by atomic mass is 9.98. The summed E-state index contributed by atoms with van der Waals surface area (Å²) in [7, 11) is 0. The number of amides is 1. The number of rotatable bonds is 8. The van der Waals surface area contributed by atoms with Crippen molar-refractivity contribution in [2.24, 2.45) is 5.92 Å². The molecule has 0 saturated carbocycles. The molecule has 3 heterocycles. The van der Waals surface area contributed by atoms with E-state index >= 15 is 0 Å². The van der Waals surface area contributed by atoms with Gasteiger partial charge in [0.25, 0.3) is 5.56 Å². The second-order valence-corrected chi connectivity index (χ2v) is 9.89. The highest BCUT2D eigenvalue weighted by Crippen LogP contribution is 2.22. The highest BCUT2D eigenvalue weighted by atomic mass is 35.5. The average Bonchev–Trinajstić information content (AvgIpc) is 3.01. The molecule has 5 rings (SSSR count). The molecule has 0 radical (unpaired) electrons. The van der Waals surface area contributed by atoms with Crippen LogP contribution < -0.4 is 10.3 Å². The van der Waals surface area contributed by atoms with Crippen molar-refractivity contribution < 1.29 is 9.53 Å². The number of benzene rings is 2. The van der Waals surface area contributed by atoms with Gasteiger partial charge in [-0.05, 0) is 48.6 Å². The summed E-state index contributed by atoms with van der Waals surface area (Å²) in [6, 6.07) is 20.1. The van der Waals surface area contributed by atoms with Crippen molar-refractivity contribution >= 4 is 17.5 Å². The zero-order valence-electron chi connectivity index (χ0n) is 21.7. The van der Waals surface area contributed by atoms with Crippen LogP contribution in [-0.2, 0) is 11.3 Å². The van der Waals surface area contributed by atoms with Gasteiger partial charge < -0.3 is 9.64 Å². The molecule has 1 saturated heterocycles. The summed E-state index contributed by atoms with van der Waals surface area (Å²) in [4.78, 5) is 35.0. The van der Waals surface area contributed by atoms with E-state index < -0.39 is 0 Å². The molecule has 4 aromatic rings. The molecule has 1 aliphatic heterocycles. The van der Waals surface area contributed by atoms with Gasteiger partial charge in [-0.2, -0.15) is 10.4 Å². The fourth-order valence-electron chi connectivity index (χ4n) is 4.63. The van der Waals surface area contributed by atoms with Crippen LogP contribution in [0.4, 0.5) is 0 Å². The summed E-state index contributed by atoms with van der Waals surface area (Å²) in [5, 5.41) is 13.7. The first-order valence-corrected chi connectivity index (χ1v) is 13.5. The Morgan fingerprint density at radius 2 is 1.77 bits per heavy atom. The molecule has 0 bridgehead atoms. The molecule has 1 aliphatic rings. The number of carbonyl (C=O) groups is 1. The van der Waals surface area contributed by atoms with Crippen LogP contribution in [0.15, 0.2) is 77.9 Å². The molecule has 9 nitrogen and oxygen atoms in total. The topological polar surface area (TPSA) is 114 Å². The van der Waals surface area contributed by atoms with Crippen LogP contribution in [0, 0.1) is 17.2 Å². The molecule has 0 aliphatic carbocycles. The molecule has 0 atom stereocenters. The van der Waals surface area contributed by atoms with Crippen LogP contribution in [0.1, 0.15) is 24.0 Å². The average molecular weight is 555 g/mol. The maximum atomic E-state index is 12.5. The number of piperidine rings is 1. The third-order valence-electron chi connectivity index (χ3n) is 6.87. The molecule has 0 spiro atoms. The highest BCUT2D eigenvalue weighted by molar-refractivity contribution is 6.27. The van der Waals surface area contributed by atoms with Crippen LogP contribution in [0.3, 0.4) is 0 Å². The quantitative estimate of drug-likeness (QED) is 0.301. The van der Waals surface area contributed by atoms with Crippen LogP contribution in [0.25, 0.3) is 22.6 Å². The molecule has 40 heavy (non-hydrogen) atoms. The molecule has 2 aromatic heterocycles. The molecule has 1 fully saturated rings. The minimum Gasteiger partial charge on any atom is -0.490 e. The maximum absolute atomic E-state index is 12.5. The fourth-order valence-corrected chi connectivity index (χ4v) is 4.80. The number of hydrogen-bond acceptors (Lipinski definition) is 7. The van der Waals surface area contributed by atoms with Gasteiger partial charge in [-0.1, -0.05) is 30.3 Å². The van der Waals surface area contributed by atoms with E-state index in [1.807, 2.05) is 30.3 Å². The lowest BCUT2D eigenvalue weighted by Gasteiger charge is -2.31. The first-order chi connectivity index (χ1) is 19.5. The summed E-state index contributed by atoms with van der Waals surface area (Å²) >= 11 is 5.65. The molecule has 10 heteroatoms. The summed E-state index contributed by atoms with van der Waals surface area (Å²) in [5.41, 5.74) is 3.37. The van der Waals surface area contributed by atoms with E-state index in [1.165, 1.54) is 10.7 Å². The van der Waals surface area contributed by atoms with E-state index in [0.29, 0.717) is 48.4 Å². The zero-order chi connectivity index (χ0) is 27.9. The van der Waals surface area contributed by atoms with Gasteiger partial charge in [0, 0.05) is 30.3 Å². The maximum Gasteiger partial charge on any atom is 0.267 e. The number of aromatic nitrogens is 4. The van der Waals surface area contributed by atoms with Crippen molar-refractivity contribution in [3.63, 3.8) is 0 Å². The van der Waals surface area contributed by atoms with Crippen LogP contribution in [-0.4, -0.2) is 56.1 Å². The third-order valence-corrected chi connectivity index (χ3v) is 7.10. The van der Waals surface area contributed by atoms with Gasteiger partial charge in [0.15, 0.2) is 11.6 Å². The van der Waals surface area contributed by atoms with E-state index in [9.17, 15) is 14.9 Å². The van der Waals surface area contributed by atoms with Crippen molar-refractivity contribution in [1.29, 1.82) is 5.26 Å². The summed E-state index contributed by atoms with van der Waals surface area (Å²) in [6.45, 7) is 2.22. The fraction of sp³-hybridized carbons (Fsp3) is 0.267. The Bertz CT molecular complexity index is 1590. The van der Waals surface area contributed by atoms with E-state index in [0.717, 1.165) is 29.5 Å². The Kier molecular flexibility index (Phi) is 8.47. The summed E-state index contributed by atoms with van der Waals surface area (Å²) < 4.78 is 7.32. The summed E-state index contributed by atoms with van der Waals surface area (Å²) in [5.74, 6) is 1.50. The minimum absolute atomic E-state index is 0.0202. The number of hydrogen-bond donors (Lipinski definition) is 0. The van der Waals surface area contributed by atoms with Crippen molar-refractivity contribution in [1.82, 2.24) is 24.6 Å². The Labute approximate surface area is 236 Å². The standard InChI is InChI=1S/C30H27ClN6O3/c31-15-29(39)36-11-9-21(10-12-36)20-40-26-17-33-30(34-18-26)25-6-2-4-23(14-25)19-37-28(38)8-7-27(35-37)24-5-1-3-22(13-24)16-32/h1-8,13-14,17-18,21H,9-12,15,19-20H2. The van der Waals surface area contributed by atoms with E-state index in [2.05, 4.69) is 21.1 Å². The van der Waals surface area contributed by atoms with Gasteiger partial charge in [-0.25, -0.2) is 14.6 Å². The van der Waals surface area contributed by atoms with E-state index in [4.69, 9.17) is 16.3 Å². The van der Waals surface area contributed by atoms with E-state index in [1.54, 1.807) is 41.6 Å². The number of likely N-dealkylation sites (tertiary alicyclic amines) is 1. The molecule has 0 unspecified atom stereocenters. The molecular formula is C30H27ClN6O3. The SMILES string of the molecule is N#Cc1cccc(-c2ccc(=O)n(Cc3cccc(-c4ncc(OCC5CCN(C(=O)CCl)CC5)cn4)c3)n2)c1. The van der Waals surface area contributed by atoms with Gasteiger partial charge in [-0.3, -0.25) is 9.59 Å². The van der Waals surface area contributed by atoms with Crippen molar-refractivity contribution in [2.45, 2.75) is 19.4 Å². The van der Waals surface area contributed by atoms with Crippen molar-refractivity contribution in [3.8, 4) is 34.5 Å². The lowest BCUT2D eigenvalue weighted by Crippen LogP contribution is -2.40. The van der Waals surface area contributed by atoms with Crippen LogP contribution in [0.2, 0.25) is 0 Å². The van der Waals surface area contributed by atoms with Gasteiger partial charge >= 0.3 is 0 Å². The Morgan fingerprint density at radius 1 is 1.02 bits per heavy atom. The second kappa shape index (κ2) is 12.5. The van der Waals surface area contributed by atoms with Crippen LogP contribution in [0.5, 0.6) is 5.75 Å². The number of nitrogens with zero attached hydrogens (tertiary/aromatic N) is 6. The monoisotopic (exact) mass is 554 g/mol. The van der Waals surface area contributed by atoms with Crippen molar-refractivity contribution in [3.05, 3.63) is 94.5 Å². The highest BCUT2D eigenvalue weighted by Gasteiger charge is 2.22. The van der Waals surface area contributed by atoms with Gasteiger partial charge in [0.05, 0.1) is 42.9 Å². The molecule has 2 aromatic carbocycles. The predicted octanol–water partition coefficient (Wildman–Crippen LogP) is 4.14. The minimum atomic E-state index is -0.223. The van der Waals surface area contributed by atoms with E-state index in [-0.39, 0.29) is 23.9 Å². The van der Waals surface area contributed by atoms with Gasteiger partial charge in [-0.15, -0.1) is 11.6 Å². The molecule has 1 amide bonds. The largest absolute Gasteiger partial charge is 0.490 e. The predicted molar refractivity (Wildman–Crippen MR) is 151 cm³/mol. The Hall–Kier alpha value is -4.55. The Balaban J connectivity index is 1.23. The normalized spacial score (nSPS) is 13.6. The molecule has 0 N–H and O–H groups in total. The van der Waals surface area contributed by atoms with Crippen molar-refractivity contribution in [2.75, 3.05) is 25.6 Å². The number of ether oxygens (including phenoxy) is 1. The van der Waals surface area contributed by atoms with Gasteiger partial charge in [0.2, 0.25) is 5.91 Å².